The number of Topliss-reactive ketones (excluding diaryl/α,β-unsaturated/α-hetero) is 2. The number of ketones is 2. The zero-order valence-electron chi connectivity index (χ0n) is 12.1. The second kappa shape index (κ2) is 6.63. The Morgan fingerprint density at radius 3 is 2.35 bits per heavy atom. The van der Waals surface area contributed by atoms with Crippen LogP contribution >= 0.6 is 0 Å². The van der Waals surface area contributed by atoms with Gasteiger partial charge in [0.05, 0.1) is 26.1 Å². The lowest BCUT2D eigenvalue weighted by Crippen LogP contribution is -2.46. The molecule has 0 radical (unpaired) electrons. The van der Waals surface area contributed by atoms with Crippen LogP contribution in [0.1, 0.15) is 40.0 Å². The van der Waals surface area contributed by atoms with E-state index < -0.39 is 29.1 Å². The Morgan fingerprint density at radius 2 is 1.80 bits per heavy atom. The first-order valence-electron chi connectivity index (χ1n) is 6.74. The number of rotatable bonds is 5. The van der Waals surface area contributed by atoms with E-state index >= 15 is 0 Å². The van der Waals surface area contributed by atoms with Crippen LogP contribution in [0, 0.1) is 11.3 Å². The Hall–Kier alpha value is -1.72. The number of hydrogen-bond donors (Lipinski definition) is 0. The van der Waals surface area contributed by atoms with Crippen LogP contribution in [0.15, 0.2) is 0 Å². The molecule has 0 amide bonds. The summed E-state index contributed by atoms with van der Waals surface area (Å²) in [6, 6.07) is 0. The third kappa shape index (κ3) is 3.43. The largest absolute Gasteiger partial charge is 0.466 e. The Kier molecular flexibility index (Phi) is 5.42. The highest BCUT2D eigenvalue weighted by Gasteiger charge is 2.50. The monoisotopic (exact) mass is 284 g/mol. The Balaban J connectivity index is 2.84. The second-order valence-electron chi connectivity index (χ2n) is 5.03. The predicted molar refractivity (Wildman–Crippen MR) is 68.7 cm³/mol. The van der Waals surface area contributed by atoms with E-state index in [0.29, 0.717) is 0 Å². The van der Waals surface area contributed by atoms with Crippen LogP contribution in [0.3, 0.4) is 0 Å². The van der Waals surface area contributed by atoms with Gasteiger partial charge in [0, 0.05) is 5.92 Å². The fourth-order valence-electron chi connectivity index (χ4n) is 2.31. The average molecular weight is 284 g/mol. The average Bonchev–Trinajstić information content (AvgIpc) is 2.36. The molecular weight excluding hydrogens is 264 g/mol. The van der Waals surface area contributed by atoms with Gasteiger partial charge in [-0.05, 0) is 27.2 Å². The summed E-state index contributed by atoms with van der Waals surface area (Å²) < 4.78 is 9.71. The fraction of sp³-hybridized carbons (Fsp3) is 0.714. The molecule has 1 fully saturated rings. The summed E-state index contributed by atoms with van der Waals surface area (Å²) in [5.74, 6) is -2.55. The van der Waals surface area contributed by atoms with Crippen LogP contribution in [-0.2, 0) is 28.7 Å². The van der Waals surface area contributed by atoms with Crippen LogP contribution in [0.5, 0.6) is 0 Å². The molecule has 0 aromatic heterocycles. The van der Waals surface area contributed by atoms with Gasteiger partial charge >= 0.3 is 11.9 Å². The molecule has 0 aliphatic heterocycles. The highest BCUT2D eigenvalue weighted by Crippen LogP contribution is 2.37. The number of esters is 2. The standard InChI is InChI=1S/C14H20O6/c1-4-19-12(17)6-9-8-14(3,13(18)20-5-2)11(16)7-10(9)15/h9H,4-8H2,1-3H3. The van der Waals surface area contributed by atoms with Crippen molar-refractivity contribution in [2.45, 2.75) is 40.0 Å². The topological polar surface area (TPSA) is 86.7 Å². The SMILES string of the molecule is CCOC(=O)CC1CC(C)(C(=O)OCC)C(=O)CC1=O. The second-order valence-corrected chi connectivity index (χ2v) is 5.03. The Labute approximate surface area is 117 Å². The molecule has 6 heteroatoms. The summed E-state index contributed by atoms with van der Waals surface area (Å²) in [7, 11) is 0. The van der Waals surface area contributed by atoms with Crippen molar-refractivity contribution >= 4 is 23.5 Å². The molecule has 6 nitrogen and oxygen atoms in total. The van der Waals surface area contributed by atoms with Crippen molar-refractivity contribution in [3.8, 4) is 0 Å². The molecule has 0 aromatic rings. The zero-order valence-corrected chi connectivity index (χ0v) is 12.1. The molecule has 2 unspecified atom stereocenters. The van der Waals surface area contributed by atoms with E-state index in [-0.39, 0.29) is 38.3 Å². The molecule has 1 aliphatic rings. The van der Waals surface area contributed by atoms with Gasteiger partial charge in [-0.15, -0.1) is 0 Å². The van der Waals surface area contributed by atoms with Crippen molar-refractivity contribution < 1.29 is 28.7 Å². The molecule has 0 aromatic carbocycles. The molecule has 20 heavy (non-hydrogen) atoms. The van der Waals surface area contributed by atoms with Crippen molar-refractivity contribution in [1.29, 1.82) is 0 Å². The van der Waals surface area contributed by atoms with E-state index in [2.05, 4.69) is 0 Å². The van der Waals surface area contributed by atoms with E-state index in [1.807, 2.05) is 0 Å². The number of carbonyl (C=O) groups excluding carboxylic acids is 4. The smallest absolute Gasteiger partial charge is 0.319 e. The molecule has 0 N–H and O–H groups in total. The molecule has 1 rings (SSSR count). The van der Waals surface area contributed by atoms with E-state index in [0.717, 1.165) is 0 Å². The molecule has 2 atom stereocenters. The zero-order chi connectivity index (χ0) is 15.3. The minimum absolute atomic E-state index is 0.00230. The van der Waals surface area contributed by atoms with Gasteiger partial charge in [0.25, 0.3) is 0 Å². The van der Waals surface area contributed by atoms with Gasteiger partial charge in [-0.25, -0.2) is 0 Å². The molecule has 0 heterocycles. The fourth-order valence-corrected chi connectivity index (χ4v) is 2.31. The third-order valence-electron chi connectivity index (χ3n) is 3.50. The van der Waals surface area contributed by atoms with Gasteiger partial charge in [0.1, 0.15) is 11.2 Å². The van der Waals surface area contributed by atoms with Crippen LogP contribution in [0.25, 0.3) is 0 Å². The number of hydrogen-bond acceptors (Lipinski definition) is 6. The van der Waals surface area contributed by atoms with E-state index in [9.17, 15) is 19.2 Å². The quantitative estimate of drug-likeness (QED) is 0.554. The molecule has 0 bridgehead atoms. The molecule has 0 saturated heterocycles. The number of ether oxygens (including phenoxy) is 2. The van der Waals surface area contributed by atoms with Gasteiger partial charge in [0.2, 0.25) is 0 Å². The maximum atomic E-state index is 12.0. The Bertz CT molecular complexity index is 427. The normalized spacial score (nSPS) is 26.2. The third-order valence-corrected chi connectivity index (χ3v) is 3.50. The van der Waals surface area contributed by atoms with Gasteiger partial charge < -0.3 is 9.47 Å². The lowest BCUT2D eigenvalue weighted by atomic mass is 9.68. The summed E-state index contributed by atoms with van der Waals surface area (Å²) in [5, 5.41) is 0. The first kappa shape index (κ1) is 16.3. The van der Waals surface area contributed by atoms with Crippen molar-refractivity contribution in [2.75, 3.05) is 13.2 Å². The van der Waals surface area contributed by atoms with Gasteiger partial charge in [-0.2, -0.15) is 0 Å². The van der Waals surface area contributed by atoms with Crippen molar-refractivity contribution in [3.63, 3.8) is 0 Å². The lowest BCUT2D eigenvalue weighted by molar-refractivity contribution is -0.164. The van der Waals surface area contributed by atoms with Crippen molar-refractivity contribution in [1.82, 2.24) is 0 Å². The van der Waals surface area contributed by atoms with Gasteiger partial charge in [-0.3, -0.25) is 19.2 Å². The van der Waals surface area contributed by atoms with E-state index in [1.165, 1.54) is 6.92 Å². The molecule has 1 saturated carbocycles. The van der Waals surface area contributed by atoms with Gasteiger partial charge in [0.15, 0.2) is 5.78 Å². The predicted octanol–water partition coefficient (Wildman–Crippen LogP) is 1.06. The first-order valence-corrected chi connectivity index (χ1v) is 6.74. The Morgan fingerprint density at radius 1 is 1.20 bits per heavy atom. The summed E-state index contributed by atoms with van der Waals surface area (Å²) >= 11 is 0. The maximum absolute atomic E-state index is 12.0. The number of carbonyl (C=O) groups is 4. The van der Waals surface area contributed by atoms with E-state index in [4.69, 9.17) is 9.47 Å². The van der Waals surface area contributed by atoms with Crippen molar-refractivity contribution in [3.05, 3.63) is 0 Å². The first-order chi connectivity index (χ1) is 9.35. The maximum Gasteiger partial charge on any atom is 0.319 e. The van der Waals surface area contributed by atoms with Crippen LogP contribution in [0.2, 0.25) is 0 Å². The molecule has 1 aliphatic carbocycles. The summed E-state index contributed by atoms with van der Waals surface area (Å²) in [6.45, 7) is 5.19. The minimum atomic E-state index is -1.35. The van der Waals surface area contributed by atoms with Crippen molar-refractivity contribution in [2.24, 2.45) is 11.3 Å². The van der Waals surface area contributed by atoms with Crippen LogP contribution < -0.4 is 0 Å². The summed E-state index contributed by atoms with van der Waals surface area (Å²) in [4.78, 5) is 47.2. The highest BCUT2D eigenvalue weighted by molar-refractivity contribution is 6.14. The minimum Gasteiger partial charge on any atom is -0.466 e. The molecule has 112 valence electrons. The summed E-state index contributed by atoms with van der Waals surface area (Å²) in [6.07, 6.45) is -0.434. The summed E-state index contributed by atoms with van der Waals surface area (Å²) in [5.41, 5.74) is -1.35. The van der Waals surface area contributed by atoms with Crippen LogP contribution in [0.4, 0.5) is 0 Å². The highest BCUT2D eigenvalue weighted by atomic mass is 16.5. The van der Waals surface area contributed by atoms with E-state index in [1.54, 1.807) is 13.8 Å². The molecule has 0 spiro atoms. The molecular formula is C14H20O6. The van der Waals surface area contributed by atoms with Gasteiger partial charge in [-0.1, -0.05) is 0 Å². The lowest BCUT2D eigenvalue weighted by Gasteiger charge is -2.33. The van der Waals surface area contributed by atoms with Crippen LogP contribution in [-0.4, -0.2) is 36.7 Å².